The normalized spacial score (nSPS) is 24.5. The van der Waals surface area contributed by atoms with Crippen molar-refractivity contribution in [1.29, 1.82) is 0 Å². The van der Waals surface area contributed by atoms with Gasteiger partial charge in [0.1, 0.15) is 0 Å². The van der Waals surface area contributed by atoms with Crippen molar-refractivity contribution < 1.29 is 0 Å². The quantitative estimate of drug-likeness (QED) is 0.919. The van der Waals surface area contributed by atoms with Crippen molar-refractivity contribution >= 4 is 15.9 Å². The van der Waals surface area contributed by atoms with Gasteiger partial charge in [0.15, 0.2) is 0 Å². The van der Waals surface area contributed by atoms with E-state index >= 15 is 0 Å². The van der Waals surface area contributed by atoms with E-state index in [9.17, 15) is 0 Å². The average Bonchev–Trinajstić information content (AvgIpc) is 2.64. The van der Waals surface area contributed by atoms with E-state index in [1.54, 1.807) is 0 Å². The van der Waals surface area contributed by atoms with E-state index in [4.69, 9.17) is 0 Å². The van der Waals surface area contributed by atoms with Gasteiger partial charge in [-0.2, -0.15) is 0 Å². The largest absolute Gasteiger partial charge is 0.316 e. The van der Waals surface area contributed by atoms with Crippen LogP contribution in [0.3, 0.4) is 0 Å². The summed E-state index contributed by atoms with van der Waals surface area (Å²) >= 11 is 3.52. The maximum Gasteiger partial charge on any atom is 0.0231 e. The molecule has 2 atom stereocenters. The van der Waals surface area contributed by atoms with E-state index in [0.717, 1.165) is 18.4 Å². The maximum atomic E-state index is 3.52. The zero-order valence-corrected chi connectivity index (χ0v) is 12.2. The van der Waals surface area contributed by atoms with Crippen molar-refractivity contribution in [1.82, 2.24) is 10.2 Å². The number of halogens is 1. The molecule has 0 aliphatic carbocycles. The molecule has 1 saturated heterocycles. The van der Waals surface area contributed by atoms with Crippen LogP contribution < -0.4 is 5.32 Å². The van der Waals surface area contributed by atoms with Crippen molar-refractivity contribution in [3.05, 3.63) is 34.3 Å². The minimum atomic E-state index is 0.798. The van der Waals surface area contributed by atoms with Crippen LogP contribution in [0.25, 0.3) is 0 Å². The fraction of sp³-hybridized carbons (Fsp3) is 0.571. The molecule has 0 aromatic heterocycles. The van der Waals surface area contributed by atoms with Crippen molar-refractivity contribution in [2.45, 2.75) is 13.5 Å². The molecule has 2 nitrogen and oxygen atoms in total. The number of hydrogen-bond acceptors (Lipinski definition) is 2. The van der Waals surface area contributed by atoms with E-state index in [0.29, 0.717) is 0 Å². The van der Waals surface area contributed by atoms with E-state index in [2.05, 4.69) is 64.4 Å². The summed E-state index contributed by atoms with van der Waals surface area (Å²) in [6.45, 7) is 6.90. The summed E-state index contributed by atoms with van der Waals surface area (Å²) in [4.78, 5) is 2.43. The smallest absolute Gasteiger partial charge is 0.0231 e. The highest BCUT2D eigenvalue weighted by atomic mass is 79.9. The third kappa shape index (κ3) is 3.80. The molecular weight excluding hydrogens is 276 g/mol. The van der Waals surface area contributed by atoms with Crippen LogP contribution in [0.5, 0.6) is 0 Å². The molecule has 1 aliphatic heterocycles. The second kappa shape index (κ2) is 5.98. The van der Waals surface area contributed by atoms with Crippen LogP contribution in [0.4, 0.5) is 0 Å². The van der Waals surface area contributed by atoms with Crippen molar-refractivity contribution in [2.75, 3.05) is 26.7 Å². The van der Waals surface area contributed by atoms with Gasteiger partial charge >= 0.3 is 0 Å². The Kier molecular flexibility index (Phi) is 4.60. The van der Waals surface area contributed by atoms with Crippen molar-refractivity contribution in [3.63, 3.8) is 0 Å². The highest BCUT2D eigenvalue weighted by molar-refractivity contribution is 9.10. The monoisotopic (exact) mass is 296 g/mol. The van der Waals surface area contributed by atoms with Gasteiger partial charge in [-0.1, -0.05) is 35.0 Å². The topological polar surface area (TPSA) is 15.3 Å². The highest BCUT2D eigenvalue weighted by Crippen LogP contribution is 2.18. The highest BCUT2D eigenvalue weighted by Gasteiger charge is 2.23. The second-order valence-electron chi connectivity index (χ2n) is 5.22. The molecular formula is C14H21BrN2. The lowest BCUT2D eigenvalue weighted by Crippen LogP contribution is -2.28. The molecule has 1 fully saturated rings. The Labute approximate surface area is 113 Å². The molecule has 3 heteroatoms. The summed E-state index contributed by atoms with van der Waals surface area (Å²) in [6, 6.07) is 8.57. The van der Waals surface area contributed by atoms with E-state index in [1.165, 1.54) is 29.7 Å². The molecule has 0 saturated carbocycles. The van der Waals surface area contributed by atoms with Gasteiger partial charge in [0.2, 0.25) is 0 Å². The van der Waals surface area contributed by atoms with Crippen LogP contribution in [-0.2, 0) is 6.54 Å². The standard InChI is InChI=1S/C14H21BrN2/c1-11-7-16-8-13(11)10-17(2)9-12-4-3-5-14(15)6-12/h3-6,11,13,16H,7-10H2,1-2H3/t11-,13+/m1/s1. The van der Waals surface area contributed by atoms with E-state index < -0.39 is 0 Å². The molecule has 1 N–H and O–H groups in total. The van der Waals surface area contributed by atoms with Crippen LogP contribution in [0.15, 0.2) is 28.7 Å². The van der Waals surface area contributed by atoms with Crippen molar-refractivity contribution in [3.8, 4) is 0 Å². The number of rotatable bonds is 4. The summed E-state index contributed by atoms with van der Waals surface area (Å²) in [7, 11) is 2.21. The molecule has 0 bridgehead atoms. The first kappa shape index (κ1) is 13.1. The Bertz CT molecular complexity index is 367. The van der Waals surface area contributed by atoms with Gasteiger partial charge in [-0.05, 0) is 49.7 Å². The van der Waals surface area contributed by atoms with Crippen LogP contribution in [-0.4, -0.2) is 31.6 Å². The number of benzene rings is 1. The van der Waals surface area contributed by atoms with Gasteiger partial charge in [-0.3, -0.25) is 0 Å². The van der Waals surface area contributed by atoms with Gasteiger partial charge in [-0.25, -0.2) is 0 Å². The van der Waals surface area contributed by atoms with Gasteiger partial charge in [0, 0.05) is 17.6 Å². The Morgan fingerprint density at radius 3 is 2.88 bits per heavy atom. The number of hydrogen-bond donors (Lipinski definition) is 1. The van der Waals surface area contributed by atoms with Gasteiger partial charge in [-0.15, -0.1) is 0 Å². The van der Waals surface area contributed by atoms with Crippen LogP contribution >= 0.6 is 15.9 Å². The minimum absolute atomic E-state index is 0.798. The predicted octanol–water partition coefficient (Wildman–Crippen LogP) is 2.74. The number of nitrogens with one attached hydrogen (secondary N) is 1. The zero-order valence-electron chi connectivity index (χ0n) is 10.6. The Morgan fingerprint density at radius 1 is 1.41 bits per heavy atom. The molecule has 0 spiro atoms. The Balaban J connectivity index is 1.86. The molecule has 1 aromatic carbocycles. The van der Waals surface area contributed by atoms with Crippen LogP contribution in [0, 0.1) is 11.8 Å². The Morgan fingerprint density at radius 2 is 2.24 bits per heavy atom. The molecule has 94 valence electrons. The molecule has 2 rings (SSSR count). The van der Waals surface area contributed by atoms with Crippen LogP contribution in [0.1, 0.15) is 12.5 Å². The van der Waals surface area contributed by atoms with Crippen molar-refractivity contribution in [2.24, 2.45) is 11.8 Å². The van der Waals surface area contributed by atoms with E-state index in [-0.39, 0.29) is 0 Å². The lowest BCUT2D eigenvalue weighted by Gasteiger charge is -2.23. The lowest BCUT2D eigenvalue weighted by atomic mass is 9.97. The Hall–Kier alpha value is -0.380. The first-order valence-electron chi connectivity index (χ1n) is 6.29. The summed E-state index contributed by atoms with van der Waals surface area (Å²) < 4.78 is 1.17. The molecule has 0 unspecified atom stereocenters. The SMILES string of the molecule is C[C@@H]1CNC[C@H]1CN(C)Cc1cccc(Br)c1. The fourth-order valence-electron chi connectivity index (χ4n) is 2.52. The molecule has 1 heterocycles. The van der Waals surface area contributed by atoms with Gasteiger partial charge < -0.3 is 10.2 Å². The summed E-state index contributed by atoms with van der Waals surface area (Å²) in [5.74, 6) is 1.60. The fourth-order valence-corrected chi connectivity index (χ4v) is 2.97. The first-order chi connectivity index (χ1) is 8.15. The zero-order chi connectivity index (χ0) is 12.3. The molecule has 1 aromatic rings. The summed E-state index contributed by atoms with van der Waals surface area (Å²) in [6.07, 6.45) is 0. The average molecular weight is 297 g/mol. The summed E-state index contributed by atoms with van der Waals surface area (Å²) in [5.41, 5.74) is 1.38. The summed E-state index contributed by atoms with van der Waals surface area (Å²) in [5, 5.41) is 3.47. The molecule has 17 heavy (non-hydrogen) atoms. The molecule has 0 amide bonds. The number of nitrogens with zero attached hydrogens (tertiary/aromatic N) is 1. The lowest BCUT2D eigenvalue weighted by molar-refractivity contribution is 0.252. The third-order valence-corrected chi connectivity index (χ3v) is 4.06. The minimum Gasteiger partial charge on any atom is -0.316 e. The predicted molar refractivity (Wildman–Crippen MR) is 76.0 cm³/mol. The second-order valence-corrected chi connectivity index (χ2v) is 6.14. The first-order valence-corrected chi connectivity index (χ1v) is 7.08. The molecule has 1 aliphatic rings. The van der Waals surface area contributed by atoms with Gasteiger partial charge in [0.05, 0.1) is 0 Å². The third-order valence-electron chi connectivity index (χ3n) is 3.57. The molecule has 0 radical (unpaired) electrons. The van der Waals surface area contributed by atoms with Gasteiger partial charge in [0.25, 0.3) is 0 Å². The maximum absolute atomic E-state index is 3.52. The van der Waals surface area contributed by atoms with E-state index in [1.807, 2.05) is 0 Å². The van der Waals surface area contributed by atoms with Crippen LogP contribution in [0.2, 0.25) is 0 Å².